The van der Waals surface area contributed by atoms with E-state index in [1.54, 1.807) is 0 Å². The molecule has 0 aromatic heterocycles. The molecule has 7 heteroatoms. The van der Waals surface area contributed by atoms with Crippen molar-refractivity contribution in [1.29, 1.82) is 0 Å². The van der Waals surface area contributed by atoms with Gasteiger partial charge in [-0.25, -0.2) is 5.01 Å². The Morgan fingerprint density at radius 3 is 2.54 bits per heavy atom. The predicted octanol–water partition coefficient (Wildman–Crippen LogP) is 1.08. The first-order valence-corrected chi connectivity index (χ1v) is 10.1. The molecule has 2 amide bonds. The van der Waals surface area contributed by atoms with Crippen molar-refractivity contribution in [3.63, 3.8) is 0 Å². The molecule has 1 aromatic carbocycles. The third-order valence-electron chi connectivity index (χ3n) is 5.35. The molecule has 0 bridgehead atoms. The van der Waals surface area contributed by atoms with Gasteiger partial charge < -0.3 is 15.1 Å². The van der Waals surface area contributed by atoms with Gasteiger partial charge >= 0.3 is 0 Å². The quantitative estimate of drug-likeness (QED) is 0.713. The SMILES string of the molecule is Cc1ccc(C2=NN(CC(=O)NCCCN3CCN(C)CC3)C(=O)CC2)cc1. The van der Waals surface area contributed by atoms with Crippen LogP contribution in [-0.2, 0) is 9.59 Å². The smallest absolute Gasteiger partial charge is 0.243 e. The molecule has 0 spiro atoms. The number of hydrogen-bond donors (Lipinski definition) is 1. The van der Waals surface area contributed by atoms with Gasteiger partial charge in [-0.3, -0.25) is 9.59 Å². The highest BCUT2D eigenvalue weighted by molar-refractivity contribution is 6.04. The number of hydrogen-bond acceptors (Lipinski definition) is 5. The minimum atomic E-state index is -0.152. The Morgan fingerprint density at radius 1 is 1.11 bits per heavy atom. The van der Waals surface area contributed by atoms with E-state index in [2.05, 4.69) is 27.3 Å². The molecular weight excluding hydrogens is 354 g/mol. The summed E-state index contributed by atoms with van der Waals surface area (Å²) in [5, 5.41) is 8.67. The molecule has 0 aliphatic carbocycles. The second-order valence-corrected chi connectivity index (χ2v) is 7.71. The highest BCUT2D eigenvalue weighted by Crippen LogP contribution is 2.15. The van der Waals surface area contributed by atoms with E-state index in [0.29, 0.717) is 19.4 Å². The van der Waals surface area contributed by atoms with Crippen LogP contribution in [0.3, 0.4) is 0 Å². The molecule has 1 fully saturated rings. The molecule has 1 aromatic rings. The zero-order chi connectivity index (χ0) is 19.9. The Bertz CT molecular complexity index is 708. The second-order valence-electron chi connectivity index (χ2n) is 7.71. The first-order valence-electron chi connectivity index (χ1n) is 10.1. The number of carbonyl (C=O) groups excluding carboxylic acids is 2. The second kappa shape index (κ2) is 9.80. The van der Waals surface area contributed by atoms with Crippen LogP contribution in [0, 0.1) is 6.92 Å². The van der Waals surface area contributed by atoms with Crippen LogP contribution < -0.4 is 5.32 Å². The average molecular weight is 386 g/mol. The predicted molar refractivity (Wildman–Crippen MR) is 110 cm³/mol. The summed E-state index contributed by atoms with van der Waals surface area (Å²) in [6.07, 6.45) is 1.93. The lowest BCUT2D eigenvalue weighted by Gasteiger charge is -2.32. The Labute approximate surface area is 167 Å². The van der Waals surface area contributed by atoms with E-state index in [1.165, 1.54) is 10.6 Å². The summed E-state index contributed by atoms with van der Waals surface area (Å²) >= 11 is 0. The molecule has 0 atom stereocenters. The summed E-state index contributed by atoms with van der Waals surface area (Å²) in [5.41, 5.74) is 3.06. The fraction of sp³-hybridized carbons (Fsp3) is 0.571. The monoisotopic (exact) mass is 385 g/mol. The van der Waals surface area contributed by atoms with E-state index < -0.39 is 0 Å². The van der Waals surface area contributed by atoms with Gasteiger partial charge in [-0.05, 0) is 32.5 Å². The van der Waals surface area contributed by atoms with Crippen molar-refractivity contribution in [2.24, 2.45) is 5.10 Å². The van der Waals surface area contributed by atoms with Gasteiger partial charge in [-0.15, -0.1) is 0 Å². The fourth-order valence-corrected chi connectivity index (χ4v) is 3.47. The Hall–Kier alpha value is -2.25. The Balaban J connectivity index is 1.44. The standard InChI is InChI=1S/C21H31N5O2/c1-17-4-6-18(7-5-17)19-8-9-21(28)26(23-19)16-20(27)22-10-3-11-25-14-12-24(2)13-15-25/h4-7H,3,8-16H2,1-2H3,(H,22,27). The van der Waals surface area contributed by atoms with E-state index in [0.717, 1.165) is 50.4 Å². The summed E-state index contributed by atoms with van der Waals surface area (Å²) in [5.74, 6) is -0.246. The molecule has 0 unspecified atom stereocenters. The summed E-state index contributed by atoms with van der Waals surface area (Å²) in [7, 11) is 2.15. The van der Waals surface area contributed by atoms with Gasteiger partial charge in [-0.2, -0.15) is 5.10 Å². The normalized spacial score (nSPS) is 18.9. The molecule has 2 aliphatic heterocycles. The molecule has 0 radical (unpaired) electrons. The molecule has 2 heterocycles. The zero-order valence-electron chi connectivity index (χ0n) is 17.0. The molecule has 28 heavy (non-hydrogen) atoms. The number of hydrazone groups is 1. The molecule has 7 nitrogen and oxygen atoms in total. The summed E-state index contributed by atoms with van der Waals surface area (Å²) < 4.78 is 0. The molecule has 3 rings (SSSR count). The number of nitrogens with zero attached hydrogens (tertiary/aromatic N) is 4. The minimum absolute atomic E-state index is 0.0112. The first kappa shape index (κ1) is 20.5. The number of rotatable bonds is 7. The number of carbonyl (C=O) groups is 2. The maximum Gasteiger partial charge on any atom is 0.243 e. The van der Waals surface area contributed by atoms with Crippen molar-refractivity contribution in [1.82, 2.24) is 20.1 Å². The Morgan fingerprint density at radius 2 is 1.82 bits per heavy atom. The van der Waals surface area contributed by atoms with Crippen molar-refractivity contribution in [3.8, 4) is 0 Å². The van der Waals surface area contributed by atoms with E-state index in [9.17, 15) is 9.59 Å². The molecule has 1 N–H and O–H groups in total. The number of likely N-dealkylation sites (N-methyl/N-ethyl adjacent to an activating group) is 1. The summed E-state index contributed by atoms with van der Waals surface area (Å²) in [6, 6.07) is 8.10. The molecule has 152 valence electrons. The van der Waals surface area contributed by atoms with Crippen LogP contribution in [0.2, 0.25) is 0 Å². The van der Waals surface area contributed by atoms with Gasteiger partial charge in [0.25, 0.3) is 0 Å². The highest BCUT2D eigenvalue weighted by atomic mass is 16.2. The van der Waals surface area contributed by atoms with Crippen molar-refractivity contribution < 1.29 is 9.59 Å². The van der Waals surface area contributed by atoms with Crippen molar-refractivity contribution in [2.45, 2.75) is 26.2 Å². The molecule has 0 saturated carbocycles. The summed E-state index contributed by atoms with van der Waals surface area (Å²) in [4.78, 5) is 29.2. The van der Waals surface area contributed by atoms with Gasteiger partial charge in [0.15, 0.2) is 0 Å². The number of piperazine rings is 1. The van der Waals surface area contributed by atoms with E-state index >= 15 is 0 Å². The van der Waals surface area contributed by atoms with Crippen molar-refractivity contribution >= 4 is 17.5 Å². The molecule has 1 saturated heterocycles. The van der Waals surface area contributed by atoms with Gasteiger partial charge in [-0.1, -0.05) is 29.8 Å². The summed E-state index contributed by atoms with van der Waals surface area (Å²) in [6.45, 7) is 8.02. The van der Waals surface area contributed by atoms with E-state index in [4.69, 9.17) is 0 Å². The van der Waals surface area contributed by atoms with Crippen molar-refractivity contribution in [3.05, 3.63) is 35.4 Å². The molecular formula is C21H31N5O2. The number of nitrogens with one attached hydrogen (secondary N) is 1. The maximum atomic E-state index is 12.2. The number of benzene rings is 1. The van der Waals surface area contributed by atoms with Crippen LogP contribution in [-0.4, -0.2) is 85.2 Å². The lowest BCUT2D eigenvalue weighted by Crippen LogP contribution is -2.45. The maximum absolute atomic E-state index is 12.2. The minimum Gasteiger partial charge on any atom is -0.354 e. The fourth-order valence-electron chi connectivity index (χ4n) is 3.47. The van der Waals surface area contributed by atoms with Gasteiger partial charge in [0.2, 0.25) is 11.8 Å². The van der Waals surface area contributed by atoms with Crippen molar-refractivity contribution in [2.75, 3.05) is 52.9 Å². The third-order valence-corrected chi connectivity index (χ3v) is 5.35. The first-order chi connectivity index (χ1) is 13.5. The highest BCUT2D eigenvalue weighted by Gasteiger charge is 2.23. The average Bonchev–Trinajstić information content (AvgIpc) is 2.69. The lowest BCUT2D eigenvalue weighted by molar-refractivity contribution is -0.136. The third kappa shape index (κ3) is 5.87. The van der Waals surface area contributed by atoms with Gasteiger partial charge in [0.05, 0.1) is 5.71 Å². The van der Waals surface area contributed by atoms with E-state index in [-0.39, 0.29) is 18.4 Å². The van der Waals surface area contributed by atoms with E-state index in [1.807, 2.05) is 31.2 Å². The van der Waals surface area contributed by atoms with Crippen LogP contribution in [0.5, 0.6) is 0 Å². The van der Waals surface area contributed by atoms with Crippen LogP contribution >= 0.6 is 0 Å². The lowest BCUT2D eigenvalue weighted by atomic mass is 10.0. The number of amides is 2. The topological polar surface area (TPSA) is 68.2 Å². The van der Waals surface area contributed by atoms with Crippen LogP contribution in [0.15, 0.2) is 29.4 Å². The van der Waals surface area contributed by atoms with Crippen LogP contribution in [0.4, 0.5) is 0 Å². The van der Waals surface area contributed by atoms with Crippen LogP contribution in [0.1, 0.15) is 30.4 Å². The largest absolute Gasteiger partial charge is 0.354 e. The Kier molecular flexibility index (Phi) is 7.17. The van der Waals surface area contributed by atoms with Crippen LogP contribution in [0.25, 0.3) is 0 Å². The van der Waals surface area contributed by atoms with Gasteiger partial charge in [0.1, 0.15) is 6.54 Å². The van der Waals surface area contributed by atoms with Gasteiger partial charge in [0, 0.05) is 45.6 Å². The zero-order valence-corrected chi connectivity index (χ0v) is 17.0. The molecule has 2 aliphatic rings. The number of aryl methyl sites for hydroxylation is 1.